The van der Waals surface area contributed by atoms with Crippen LogP contribution in [0.1, 0.15) is 20.3 Å². The monoisotopic (exact) mass is 493 g/mol. The zero-order valence-corrected chi connectivity index (χ0v) is 19.8. The summed E-state index contributed by atoms with van der Waals surface area (Å²) in [5.41, 5.74) is 0.915. The summed E-state index contributed by atoms with van der Waals surface area (Å²) in [4.78, 5) is 27.1. The number of nitrogens with zero attached hydrogens (tertiary/aromatic N) is 2. The van der Waals surface area contributed by atoms with Gasteiger partial charge in [-0.25, -0.2) is 8.42 Å². The molecule has 2 aromatic carbocycles. The van der Waals surface area contributed by atoms with E-state index < -0.39 is 15.9 Å². The Morgan fingerprint density at radius 2 is 1.79 bits per heavy atom. The molecule has 2 heterocycles. The third-order valence-electron chi connectivity index (χ3n) is 5.71. The van der Waals surface area contributed by atoms with Crippen LogP contribution in [0.3, 0.4) is 0 Å². The Balaban J connectivity index is 1.46. The van der Waals surface area contributed by atoms with Gasteiger partial charge in [-0.2, -0.15) is 4.31 Å². The molecular formula is C22H24ClN3O6S. The minimum atomic E-state index is -3.59. The second-order valence-electron chi connectivity index (χ2n) is 7.66. The van der Waals surface area contributed by atoms with Gasteiger partial charge in [-0.15, -0.1) is 0 Å². The number of anilines is 2. The highest BCUT2D eigenvalue weighted by Crippen LogP contribution is 2.39. The molecule has 0 radical (unpaired) electrons. The lowest BCUT2D eigenvalue weighted by molar-refractivity contribution is -0.122. The van der Waals surface area contributed by atoms with E-state index in [0.29, 0.717) is 41.0 Å². The van der Waals surface area contributed by atoms with Crippen molar-refractivity contribution < 1.29 is 27.5 Å². The second kappa shape index (κ2) is 9.20. The average molecular weight is 494 g/mol. The fourth-order valence-electron chi connectivity index (χ4n) is 3.89. The summed E-state index contributed by atoms with van der Waals surface area (Å²) < 4.78 is 37.3. The van der Waals surface area contributed by atoms with Gasteiger partial charge < -0.3 is 19.7 Å². The first-order valence-corrected chi connectivity index (χ1v) is 12.4. The van der Waals surface area contributed by atoms with Crippen LogP contribution in [0.15, 0.2) is 41.3 Å². The van der Waals surface area contributed by atoms with Crippen LogP contribution in [0.5, 0.6) is 11.5 Å². The van der Waals surface area contributed by atoms with E-state index in [0.717, 1.165) is 0 Å². The Kier molecular flexibility index (Phi) is 6.51. The lowest BCUT2D eigenvalue weighted by Gasteiger charge is -2.20. The molecule has 2 aliphatic rings. The highest BCUT2D eigenvalue weighted by Gasteiger charge is 2.36. The predicted molar refractivity (Wildman–Crippen MR) is 123 cm³/mol. The summed E-state index contributed by atoms with van der Waals surface area (Å²) in [7, 11) is -3.59. The number of hydrogen-bond acceptors (Lipinski definition) is 6. The van der Waals surface area contributed by atoms with Crippen LogP contribution in [0, 0.1) is 5.92 Å². The quantitative estimate of drug-likeness (QED) is 0.635. The SMILES string of the molecule is CCN(CC)S(=O)(=O)c1ccc(N2CC(C(=O)Nc3cc4c(cc3Cl)OCO4)CC2=O)cc1. The third kappa shape index (κ3) is 4.50. The molecule has 0 spiro atoms. The minimum absolute atomic E-state index is 0.0352. The molecular weight excluding hydrogens is 470 g/mol. The Labute approximate surface area is 197 Å². The zero-order chi connectivity index (χ0) is 23.8. The Morgan fingerprint density at radius 3 is 2.42 bits per heavy atom. The van der Waals surface area contributed by atoms with Gasteiger partial charge >= 0.3 is 0 Å². The van der Waals surface area contributed by atoms with Gasteiger partial charge in [-0.1, -0.05) is 25.4 Å². The number of sulfonamides is 1. The van der Waals surface area contributed by atoms with E-state index in [1.54, 1.807) is 38.1 Å². The first kappa shape index (κ1) is 23.3. The van der Waals surface area contributed by atoms with Crippen molar-refractivity contribution in [3.63, 3.8) is 0 Å². The van der Waals surface area contributed by atoms with Crippen molar-refractivity contribution in [3.05, 3.63) is 41.4 Å². The highest BCUT2D eigenvalue weighted by atomic mass is 35.5. The van der Waals surface area contributed by atoms with Crippen LogP contribution in [-0.2, 0) is 19.6 Å². The molecule has 176 valence electrons. The molecule has 33 heavy (non-hydrogen) atoms. The summed E-state index contributed by atoms with van der Waals surface area (Å²) in [6.07, 6.45) is 0.0352. The summed E-state index contributed by atoms with van der Waals surface area (Å²) >= 11 is 6.23. The molecule has 0 aromatic heterocycles. The lowest BCUT2D eigenvalue weighted by atomic mass is 10.1. The van der Waals surface area contributed by atoms with Gasteiger partial charge in [-0.05, 0) is 24.3 Å². The maximum Gasteiger partial charge on any atom is 0.243 e. The van der Waals surface area contributed by atoms with Crippen molar-refractivity contribution in [3.8, 4) is 11.5 Å². The van der Waals surface area contributed by atoms with E-state index in [2.05, 4.69) is 5.32 Å². The molecule has 1 unspecified atom stereocenters. The molecule has 1 atom stereocenters. The molecule has 0 bridgehead atoms. The normalized spacial score (nSPS) is 17.6. The van der Waals surface area contributed by atoms with E-state index in [-0.39, 0.29) is 36.5 Å². The lowest BCUT2D eigenvalue weighted by Crippen LogP contribution is -2.31. The molecule has 1 N–H and O–H groups in total. The molecule has 2 aliphatic heterocycles. The number of fused-ring (bicyclic) bond motifs is 1. The van der Waals surface area contributed by atoms with Crippen molar-refractivity contribution in [2.75, 3.05) is 36.6 Å². The fraction of sp³-hybridized carbons (Fsp3) is 0.364. The maximum absolute atomic E-state index is 12.8. The van der Waals surface area contributed by atoms with Crippen molar-refractivity contribution in [1.29, 1.82) is 0 Å². The van der Waals surface area contributed by atoms with Gasteiger partial charge in [0.05, 0.1) is 21.5 Å². The Hall–Kier alpha value is -2.82. The Morgan fingerprint density at radius 1 is 1.15 bits per heavy atom. The van der Waals surface area contributed by atoms with Crippen molar-refractivity contribution in [2.24, 2.45) is 5.92 Å². The van der Waals surface area contributed by atoms with Crippen molar-refractivity contribution in [2.45, 2.75) is 25.2 Å². The van der Waals surface area contributed by atoms with Gasteiger partial charge in [0.2, 0.25) is 28.6 Å². The van der Waals surface area contributed by atoms with E-state index in [9.17, 15) is 18.0 Å². The first-order chi connectivity index (χ1) is 15.7. The molecule has 1 fully saturated rings. The third-order valence-corrected chi connectivity index (χ3v) is 8.08. The summed E-state index contributed by atoms with van der Waals surface area (Å²) in [6.45, 7) is 4.56. The number of rotatable bonds is 7. The molecule has 2 amide bonds. The van der Waals surface area contributed by atoms with Gasteiger partial charge in [0.1, 0.15) is 0 Å². The topological polar surface area (TPSA) is 105 Å². The van der Waals surface area contributed by atoms with E-state index in [4.69, 9.17) is 21.1 Å². The summed E-state index contributed by atoms with van der Waals surface area (Å²) in [6, 6.07) is 9.30. The number of carbonyl (C=O) groups is 2. The van der Waals surface area contributed by atoms with Crippen LogP contribution >= 0.6 is 11.6 Å². The van der Waals surface area contributed by atoms with Gasteiger partial charge in [-0.3, -0.25) is 9.59 Å². The summed E-state index contributed by atoms with van der Waals surface area (Å²) in [5.74, 6) is -0.151. The number of benzene rings is 2. The Bertz CT molecular complexity index is 1180. The molecule has 11 heteroatoms. The highest BCUT2D eigenvalue weighted by molar-refractivity contribution is 7.89. The molecule has 1 saturated heterocycles. The van der Waals surface area contributed by atoms with Crippen molar-refractivity contribution >= 4 is 44.8 Å². The van der Waals surface area contributed by atoms with Crippen LogP contribution in [-0.4, -0.2) is 51.0 Å². The number of ether oxygens (including phenoxy) is 2. The minimum Gasteiger partial charge on any atom is -0.454 e. The molecule has 9 nitrogen and oxygen atoms in total. The number of amides is 2. The maximum atomic E-state index is 12.8. The van der Waals surface area contributed by atoms with Crippen LogP contribution in [0.2, 0.25) is 5.02 Å². The van der Waals surface area contributed by atoms with Gasteiger partial charge in [0, 0.05) is 43.9 Å². The van der Waals surface area contributed by atoms with Gasteiger partial charge in [0.15, 0.2) is 11.5 Å². The second-order valence-corrected chi connectivity index (χ2v) is 10.0. The molecule has 4 rings (SSSR count). The van der Waals surface area contributed by atoms with Crippen molar-refractivity contribution in [1.82, 2.24) is 4.31 Å². The van der Waals surface area contributed by atoms with Crippen LogP contribution in [0.4, 0.5) is 11.4 Å². The summed E-state index contributed by atoms with van der Waals surface area (Å²) in [5, 5.41) is 3.06. The molecule has 0 saturated carbocycles. The van der Waals surface area contributed by atoms with E-state index in [1.165, 1.54) is 21.3 Å². The largest absolute Gasteiger partial charge is 0.454 e. The van der Waals surface area contributed by atoms with Gasteiger partial charge in [0.25, 0.3) is 0 Å². The number of carbonyl (C=O) groups excluding carboxylic acids is 2. The fourth-order valence-corrected chi connectivity index (χ4v) is 5.55. The first-order valence-electron chi connectivity index (χ1n) is 10.5. The van der Waals surface area contributed by atoms with Crippen LogP contribution in [0.25, 0.3) is 0 Å². The van der Waals surface area contributed by atoms with Crippen LogP contribution < -0.4 is 19.7 Å². The average Bonchev–Trinajstić information content (AvgIpc) is 3.40. The van der Waals surface area contributed by atoms with E-state index in [1.807, 2.05) is 0 Å². The molecule has 2 aromatic rings. The zero-order valence-electron chi connectivity index (χ0n) is 18.2. The standard InChI is InChI=1S/C22H24ClN3O6S/c1-3-25(4-2)33(29,30)16-7-5-15(6-8-16)26-12-14(9-21(26)27)22(28)24-18-11-20-19(10-17(18)23)31-13-32-20/h5-8,10-11,14H,3-4,9,12-13H2,1-2H3,(H,24,28). The number of hydrogen-bond donors (Lipinski definition) is 1. The smallest absolute Gasteiger partial charge is 0.243 e. The number of halogens is 1. The predicted octanol–water partition coefficient (Wildman–Crippen LogP) is 3.09. The number of nitrogens with one attached hydrogen (secondary N) is 1. The molecule has 0 aliphatic carbocycles. The van der Waals surface area contributed by atoms with E-state index >= 15 is 0 Å².